The Morgan fingerprint density at radius 1 is 1.27 bits per heavy atom. The van der Waals surface area contributed by atoms with E-state index in [0.717, 1.165) is 31.2 Å². The lowest BCUT2D eigenvalue weighted by Crippen LogP contribution is -2.47. The van der Waals surface area contributed by atoms with E-state index in [4.69, 9.17) is 17.3 Å². The molecule has 2 saturated carbocycles. The molecule has 122 valence electrons. The number of hydrogen-bond acceptors (Lipinski definition) is 1. The van der Waals surface area contributed by atoms with Crippen LogP contribution in [0.5, 0.6) is 0 Å². The molecular weight excluding hydrogens is 416 g/mol. The van der Waals surface area contributed by atoms with Gasteiger partial charge in [0.2, 0.25) is 0 Å². The number of hydrogen-bond donors (Lipinski definition) is 2. The third kappa shape index (κ3) is 4.25. The number of benzene rings is 1. The summed E-state index contributed by atoms with van der Waals surface area (Å²) < 4.78 is 13.1. The molecular formula is C16H22ClFIN3. The van der Waals surface area contributed by atoms with Gasteiger partial charge in [-0.2, -0.15) is 0 Å². The summed E-state index contributed by atoms with van der Waals surface area (Å²) >= 11 is 5.83. The quantitative estimate of drug-likeness (QED) is 0.423. The Morgan fingerprint density at radius 3 is 2.59 bits per heavy atom. The van der Waals surface area contributed by atoms with Crippen molar-refractivity contribution in [1.82, 2.24) is 5.32 Å². The van der Waals surface area contributed by atoms with Gasteiger partial charge in [-0.1, -0.05) is 30.5 Å². The van der Waals surface area contributed by atoms with Crippen LogP contribution in [0.3, 0.4) is 0 Å². The standard InChI is InChI=1S/C16H21ClFN3.HI/c17-14-9-10(5-6-15(14)18)11-7-13(8-11)21-16(19)20-12-3-1-2-4-12;/h5-6,9,11-13H,1-4,7-8H2,(H3,19,20,21);1H. The van der Waals surface area contributed by atoms with Crippen LogP contribution in [0, 0.1) is 5.82 Å². The van der Waals surface area contributed by atoms with Crippen LogP contribution in [0.15, 0.2) is 23.2 Å². The van der Waals surface area contributed by atoms with Gasteiger partial charge in [-0.05, 0) is 49.3 Å². The van der Waals surface area contributed by atoms with Gasteiger partial charge in [-0.25, -0.2) is 4.39 Å². The summed E-state index contributed by atoms with van der Waals surface area (Å²) in [5.41, 5.74) is 7.06. The number of nitrogens with zero attached hydrogens (tertiary/aromatic N) is 1. The molecule has 0 heterocycles. The van der Waals surface area contributed by atoms with Gasteiger partial charge in [-0.15, -0.1) is 24.0 Å². The minimum Gasteiger partial charge on any atom is -0.370 e. The van der Waals surface area contributed by atoms with Crippen molar-refractivity contribution in [3.05, 3.63) is 34.6 Å². The molecule has 3 rings (SSSR count). The largest absolute Gasteiger partial charge is 0.370 e. The molecule has 0 aliphatic heterocycles. The van der Waals surface area contributed by atoms with Crippen molar-refractivity contribution in [2.24, 2.45) is 10.7 Å². The van der Waals surface area contributed by atoms with Crippen LogP contribution >= 0.6 is 35.6 Å². The summed E-state index contributed by atoms with van der Waals surface area (Å²) in [6.07, 6.45) is 6.82. The summed E-state index contributed by atoms with van der Waals surface area (Å²) in [5.74, 6) is 0.643. The lowest BCUT2D eigenvalue weighted by Gasteiger charge is -2.36. The molecule has 0 unspecified atom stereocenters. The van der Waals surface area contributed by atoms with Gasteiger partial charge < -0.3 is 11.1 Å². The Balaban J connectivity index is 0.00000176. The van der Waals surface area contributed by atoms with Gasteiger partial charge in [0.25, 0.3) is 0 Å². The summed E-state index contributed by atoms with van der Waals surface area (Å²) in [6.45, 7) is 0. The van der Waals surface area contributed by atoms with Crippen molar-refractivity contribution in [3.8, 4) is 0 Å². The molecule has 0 radical (unpaired) electrons. The van der Waals surface area contributed by atoms with Crippen molar-refractivity contribution in [1.29, 1.82) is 0 Å². The zero-order valence-electron chi connectivity index (χ0n) is 12.4. The van der Waals surface area contributed by atoms with E-state index in [-0.39, 0.29) is 34.8 Å². The van der Waals surface area contributed by atoms with Crippen LogP contribution in [0.2, 0.25) is 5.02 Å². The minimum atomic E-state index is -0.359. The maximum Gasteiger partial charge on any atom is 0.189 e. The average Bonchev–Trinajstić information content (AvgIpc) is 2.89. The fraction of sp³-hybridized carbons (Fsp3) is 0.562. The molecule has 0 aromatic heterocycles. The molecule has 6 heteroatoms. The van der Waals surface area contributed by atoms with Crippen molar-refractivity contribution in [3.63, 3.8) is 0 Å². The summed E-state index contributed by atoms with van der Waals surface area (Å²) in [4.78, 5) is 4.53. The topological polar surface area (TPSA) is 50.4 Å². The highest BCUT2D eigenvalue weighted by atomic mass is 127. The van der Waals surface area contributed by atoms with Gasteiger partial charge in [0.1, 0.15) is 5.82 Å². The van der Waals surface area contributed by atoms with Crippen LogP contribution in [0.4, 0.5) is 4.39 Å². The van der Waals surface area contributed by atoms with Crippen molar-refractivity contribution in [2.45, 2.75) is 56.5 Å². The van der Waals surface area contributed by atoms with E-state index < -0.39 is 0 Å². The number of guanidine groups is 1. The molecule has 22 heavy (non-hydrogen) atoms. The SMILES string of the molecule is I.NC(=NC1CCCC1)NC1CC(c2ccc(F)c(Cl)c2)C1. The van der Waals surface area contributed by atoms with Crippen LogP contribution in [0.25, 0.3) is 0 Å². The maximum absolute atomic E-state index is 13.1. The second-order valence-corrected chi connectivity index (χ2v) is 6.54. The van der Waals surface area contributed by atoms with Crippen molar-refractivity contribution >= 4 is 41.5 Å². The third-order valence-electron chi connectivity index (χ3n) is 4.55. The van der Waals surface area contributed by atoms with E-state index in [1.165, 1.54) is 18.9 Å². The predicted molar refractivity (Wildman–Crippen MR) is 99.6 cm³/mol. The Bertz CT molecular complexity index is 540. The van der Waals surface area contributed by atoms with Gasteiger partial charge in [0.15, 0.2) is 5.96 Å². The highest BCUT2D eigenvalue weighted by Crippen LogP contribution is 2.38. The molecule has 0 bridgehead atoms. The molecule has 3 nitrogen and oxygen atoms in total. The first-order chi connectivity index (χ1) is 10.1. The molecule has 0 saturated heterocycles. The first kappa shape index (κ1) is 17.8. The van der Waals surface area contributed by atoms with E-state index in [1.54, 1.807) is 6.07 Å². The fourth-order valence-electron chi connectivity index (χ4n) is 3.25. The number of nitrogens with one attached hydrogen (secondary N) is 1. The molecule has 3 N–H and O–H groups in total. The second-order valence-electron chi connectivity index (χ2n) is 6.14. The molecule has 0 spiro atoms. The monoisotopic (exact) mass is 437 g/mol. The first-order valence-corrected chi connectivity index (χ1v) is 8.04. The van der Waals surface area contributed by atoms with Crippen molar-refractivity contribution < 1.29 is 4.39 Å². The first-order valence-electron chi connectivity index (χ1n) is 7.66. The summed E-state index contributed by atoms with van der Waals surface area (Å²) in [6, 6.07) is 5.76. The Morgan fingerprint density at radius 2 is 1.95 bits per heavy atom. The van der Waals surface area contributed by atoms with E-state index in [2.05, 4.69) is 10.3 Å². The van der Waals surface area contributed by atoms with Crippen LogP contribution in [-0.2, 0) is 0 Å². The average molecular weight is 438 g/mol. The van der Waals surface area contributed by atoms with Crippen LogP contribution in [0.1, 0.15) is 50.0 Å². The third-order valence-corrected chi connectivity index (χ3v) is 4.84. The Labute approximate surface area is 152 Å². The molecule has 2 aliphatic rings. The van der Waals surface area contributed by atoms with E-state index in [9.17, 15) is 4.39 Å². The zero-order valence-corrected chi connectivity index (χ0v) is 15.5. The second kappa shape index (κ2) is 7.81. The van der Waals surface area contributed by atoms with Gasteiger partial charge in [0.05, 0.1) is 11.1 Å². The maximum atomic E-state index is 13.1. The van der Waals surface area contributed by atoms with Gasteiger partial charge >= 0.3 is 0 Å². The highest BCUT2D eigenvalue weighted by molar-refractivity contribution is 14.0. The van der Waals surface area contributed by atoms with E-state index >= 15 is 0 Å². The highest BCUT2D eigenvalue weighted by Gasteiger charge is 2.31. The number of nitrogens with two attached hydrogens (primary N) is 1. The molecule has 2 aliphatic carbocycles. The number of aliphatic imine (C=N–C) groups is 1. The van der Waals surface area contributed by atoms with E-state index in [1.807, 2.05) is 6.07 Å². The summed E-state index contributed by atoms with van der Waals surface area (Å²) in [7, 11) is 0. The number of halogens is 3. The Kier molecular flexibility index (Phi) is 6.32. The van der Waals surface area contributed by atoms with Gasteiger partial charge in [0, 0.05) is 6.04 Å². The molecule has 0 atom stereocenters. The lowest BCUT2D eigenvalue weighted by molar-refractivity contribution is 0.323. The fourth-order valence-corrected chi connectivity index (χ4v) is 3.44. The molecule has 0 amide bonds. The molecule has 2 fully saturated rings. The molecule has 1 aromatic carbocycles. The normalized spacial score (nSPS) is 25.5. The lowest BCUT2D eigenvalue weighted by atomic mass is 9.76. The minimum absolute atomic E-state index is 0. The van der Waals surface area contributed by atoms with Crippen LogP contribution < -0.4 is 11.1 Å². The summed E-state index contributed by atoms with van der Waals surface area (Å²) in [5, 5.41) is 3.49. The number of rotatable bonds is 3. The van der Waals surface area contributed by atoms with Crippen LogP contribution in [-0.4, -0.2) is 18.0 Å². The molecule has 1 aromatic rings. The van der Waals surface area contributed by atoms with Crippen molar-refractivity contribution in [2.75, 3.05) is 0 Å². The predicted octanol–water partition coefficient (Wildman–Crippen LogP) is 4.19. The zero-order chi connectivity index (χ0) is 14.8. The Hall–Kier alpha value is -0.560. The van der Waals surface area contributed by atoms with E-state index in [0.29, 0.717) is 24.0 Å². The van der Waals surface area contributed by atoms with Gasteiger partial charge in [-0.3, -0.25) is 4.99 Å². The smallest absolute Gasteiger partial charge is 0.189 e.